The van der Waals surface area contributed by atoms with Crippen LogP contribution in [-0.2, 0) is 10.1 Å². The molecule has 29 heavy (non-hydrogen) atoms. The van der Waals surface area contributed by atoms with E-state index in [0.29, 0.717) is 17.2 Å². The third kappa shape index (κ3) is 4.05. The fourth-order valence-electron chi connectivity index (χ4n) is 3.11. The second-order valence-electron chi connectivity index (χ2n) is 6.37. The van der Waals surface area contributed by atoms with E-state index >= 15 is 0 Å². The highest BCUT2D eigenvalue weighted by Crippen LogP contribution is 2.34. The zero-order valence-corrected chi connectivity index (χ0v) is 16.1. The van der Waals surface area contributed by atoms with Crippen molar-refractivity contribution >= 4 is 27.0 Å². The molecule has 0 aliphatic heterocycles. The fourth-order valence-corrected chi connectivity index (χ4v) is 3.40. The molecule has 0 bridgehead atoms. The van der Waals surface area contributed by atoms with Gasteiger partial charge < -0.3 is 15.0 Å². The SMILES string of the molecule is Nc1ncnc2c1c(-c1ccccc1)cn2-c1cccc(OCCS(=O)(=O)O)c1. The van der Waals surface area contributed by atoms with E-state index in [2.05, 4.69) is 9.97 Å². The molecular formula is C20H18N4O4S. The number of nitrogen functional groups attached to an aromatic ring is 1. The van der Waals surface area contributed by atoms with E-state index in [1.165, 1.54) is 6.33 Å². The summed E-state index contributed by atoms with van der Waals surface area (Å²) in [7, 11) is -4.08. The molecule has 4 rings (SSSR count). The van der Waals surface area contributed by atoms with Crippen molar-refractivity contribution in [3.05, 3.63) is 67.1 Å². The van der Waals surface area contributed by atoms with Gasteiger partial charge in [0.2, 0.25) is 0 Å². The molecule has 0 radical (unpaired) electrons. The van der Waals surface area contributed by atoms with Gasteiger partial charge in [0, 0.05) is 17.8 Å². The molecule has 0 saturated heterocycles. The Kier molecular flexibility index (Phi) is 4.91. The van der Waals surface area contributed by atoms with E-state index in [1.807, 2.05) is 47.2 Å². The van der Waals surface area contributed by atoms with Crippen LogP contribution in [-0.4, -0.2) is 39.9 Å². The Labute approximate surface area is 167 Å². The summed E-state index contributed by atoms with van der Waals surface area (Å²) in [4.78, 5) is 8.54. The summed E-state index contributed by atoms with van der Waals surface area (Å²) >= 11 is 0. The molecule has 0 atom stereocenters. The molecule has 3 N–H and O–H groups in total. The van der Waals surface area contributed by atoms with Crippen LogP contribution < -0.4 is 10.5 Å². The van der Waals surface area contributed by atoms with Crippen molar-refractivity contribution in [3.63, 3.8) is 0 Å². The Morgan fingerprint density at radius 1 is 1.07 bits per heavy atom. The molecule has 0 unspecified atom stereocenters. The van der Waals surface area contributed by atoms with Crippen LogP contribution in [0.5, 0.6) is 5.75 Å². The quantitative estimate of drug-likeness (QED) is 0.469. The molecule has 0 aliphatic rings. The highest BCUT2D eigenvalue weighted by molar-refractivity contribution is 7.85. The van der Waals surface area contributed by atoms with Crippen LogP contribution in [0, 0.1) is 0 Å². The average molecular weight is 410 g/mol. The summed E-state index contributed by atoms with van der Waals surface area (Å²) in [6.45, 7) is -0.154. The average Bonchev–Trinajstić information content (AvgIpc) is 3.09. The smallest absolute Gasteiger partial charge is 0.268 e. The Bertz CT molecular complexity index is 1270. The molecule has 0 aliphatic carbocycles. The minimum Gasteiger partial charge on any atom is -0.492 e. The summed E-state index contributed by atoms with van der Waals surface area (Å²) in [5.74, 6) is 0.371. The molecule has 0 saturated carbocycles. The number of aromatic nitrogens is 3. The zero-order valence-electron chi connectivity index (χ0n) is 15.3. The maximum Gasteiger partial charge on any atom is 0.268 e. The number of hydrogen-bond donors (Lipinski definition) is 2. The van der Waals surface area contributed by atoms with Crippen LogP contribution in [0.25, 0.3) is 27.8 Å². The van der Waals surface area contributed by atoms with Crippen LogP contribution in [0.15, 0.2) is 67.1 Å². The molecule has 2 aromatic carbocycles. The lowest BCUT2D eigenvalue weighted by Crippen LogP contribution is -2.12. The van der Waals surface area contributed by atoms with Gasteiger partial charge in [-0.25, -0.2) is 9.97 Å². The molecule has 2 aromatic heterocycles. The molecule has 4 aromatic rings. The second-order valence-corrected chi connectivity index (χ2v) is 7.94. The van der Waals surface area contributed by atoms with Gasteiger partial charge >= 0.3 is 0 Å². The number of nitrogens with two attached hydrogens (primary N) is 1. The predicted octanol–water partition coefficient (Wildman–Crippen LogP) is 2.94. The van der Waals surface area contributed by atoms with Crippen molar-refractivity contribution in [1.29, 1.82) is 0 Å². The van der Waals surface area contributed by atoms with E-state index < -0.39 is 15.9 Å². The van der Waals surface area contributed by atoms with Gasteiger partial charge in [0.05, 0.1) is 11.1 Å². The number of anilines is 1. The van der Waals surface area contributed by atoms with E-state index in [-0.39, 0.29) is 6.61 Å². The number of fused-ring (bicyclic) bond motifs is 1. The molecule has 2 heterocycles. The Morgan fingerprint density at radius 2 is 1.86 bits per heavy atom. The maximum atomic E-state index is 10.9. The highest BCUT2D eigenvalue weighted by Gasteiger charge is 2.16. The minimum atomic E-state index is -4.08. The van der Waals surface area contributed by atoms with Crippen molar-refractivity contribution < 1.29 is 17.7 Å². The van der Waals surface area contributed by atoms with Gasteiger partial charge in [0.1, 0.15) is 30.3 Å². The standard InChI is InChI=1S/C20H18N4O4S/c21-19-18-17(14-5-2-1-3-6-14)12-24(20(18)23-13-22-19)15-7-4-8-16(11-15)28-9-10-29(25,26)27/h1-8,11-13H,9-10H2,(H2,21,22,23)(H,25,26,27). The summed E-state index contributed by atoms with van der Waals surface area (Å²) in [5, 5.41) is 0.747. The van der Waals surface area contributed by atoms with E-state index in [1.54, 1.807) is 18.2 Å². The van der Waals surface area contributed by atoms with Gasteiger partial charge in [-0.05, 0) is 17.7 Å². The lowest BCUT2D eigenvalue weighted by atomic mass is 10.1. The van der Waals surface area contributed by atoms with E-state index in [4.69, 9.17) is 15.0 Å². The number of hydrogen-bond acceptors (Lipinski definition) is 6. The number of nitrogens with zero attached hydrogens (tertiary/aromatic N) is 3. The minimum absolute atomic E-state index is 0.154. The van der Waals surface area contributed by atoms with E-state index in [0.717, 1.165) is 22.2 Å². The third-order valence-electron chi connectivity index (χ3n) is 4.40. The van der Waals surface area contributed by atoms with Gasteiger partial charge in [0.25, 0.3) is 10.1 Å². The molecule has 0 amide bonds. The van der Waals surface area contributed by atoms with Crippen LogP contribution in [0.2, 0.25) is 0 Å². The number of benzene rings is 2. The molecule has 8 nitrogen and oxygen atoms in total. The normalized spacial score (nSPS) is 11.6. The molecular weight excluding hydrogens is 392 g/mol. The first kappa shape index (κ1) is 18.9. The van der Waals surface area contributed by atoms with Crippen LogP contribution >= 0.6 is 0 Å². The lowest BCUT2D eigenvalue weighted by molar-refractivity contribution is 0.336. The Balaban J connectivity index is 1.77. The topological polar surface area (TPSA) is 120 Å². The van der Waals surface area contributed by atoms with Crippen LogP contribution in [0.3, 0.4) is 0 Å². The van der Waals surface area contributed by atoms with Gasteiger partial charge in [0.15, 0.2) is 5.65 Å². The second kappa shape index (κ2) is 7.53. The van der Waals surface area contributed by atoms with Gasteiger partial charge in [-0.2, -0.15) is 8.42 Å². The summed E-state index contributed by atoms with van der Waals surface area (Å²) in [6.07, 6.45) is 3.34. The van der Waals surface area contributed by atoms with Crippen LogP contribution in [0.1, 0.15) is 0 Å². The zero-order chi connectivity index (χ0) is 20.4. The Hall–Kier alpha value is -3.43. The molecule has 0 spiro atoms. The maximum absolute atomic E-state index is 10.9. The predicted molar refractivity (Wildman–Crippen MR) is 111 cm³/mol. The van der Waals surface area contributed by atoms with Crippen LogP contribution in [0.4, 0.5) is 5.82 Å². The summed E-state index contributed by atoms with van der Waals surface area (Å²) < 4.78 is 37.9. The van der Waals surface area contributed by atoms with Crippen molar-refractivity contribution in [2.24, 2.45) is 0 Å². The van der Waals surface area contributed by atoms with Crippen molar-refractivity contribution in [2.45, 2.75) is 0 Å². The molecule has 0 fully saturated rings. The lowest BCUT2D eigenvalue weighted by Gasteiger charge is -2.09. The number of ether oxygens (including phenoxy) is 1. The van der Waals surface area contributed by atoms with Gasteiger partial charge in [-0.15, -0.1) is 0 Å². The first-order valence-corrected chi connectivity index (χ1v) is 10.4. The van der Waals surface area contributed by atoms with Crippen molar-refractivity contribution in [1.82, 2.24) is 14.5 Å². The van der Waals surface area contributed by atoms with Gasteiger partial charge in [-0.1, -0.05) is 36.4 Å². The van der Waals surface area contributed by atoms with Crippen molar-refractivity contribution in [3.8, 4) is 22.6 Å². The summed E-state index contributed by atoms with van der Waals surface area (Å²) in [5.41, 5.74) is 9.44. The fraction of sp³-hybridized carbons (Fsp3) is 0.100. The molecule has 9 heteroatoms. The first-order chi connectivity index (χ1) is 13.9. The Morgan fingerprint density at radius 3 is 2.62 bits per heavy atom. The first-order valence-electron chi connectivity index (χ1n) is 8.78. The third-order valence-corrected chi connectivity index (χ3v) is 5.09. The number of rotatable bonds is 6. The van der Waals surface area contributed by atoms with Gasteiger partial charge in [-0.3, -0.25) is 4.55 Å². The van der Waals surface area contributed by atoms with E-state index in [9.17, 15) is 8.42 Å². The van der Waals surface area contributed by atoms with Crippen molar-refractivity contribution in [2.75, 3.05) is 18.1 Å². The summed E-state index contributed by atoms with van der Waals surface area (Å²) in [6, 6.07) is 16.9. The highest BCUT2D eigenvalue weighted by atomic mass is 32.2. The monoisotopic (exact) mass is 410 g/mol. The largest absolute Gasteiger partial charge is 0.492 e. The molecule has 148 valence electrons.